The number of nitrogens with zero attached hydrogens (tertiary/aromatic N) is 1. The van der Waals surface area contributed by atoms with Crippen LogP contribution in [0.2, 0.25) is 0 Å². The first-order valence-electron chi connectivity index (χ1n) is 11.1. The molecule has 0 spiro atoms. The summed E-state index contributed by atoms with van der Waals surface area (Å²) in [6, 6.07) is 24.8. The molecule has 156 valence electrons. The van der Waals surface area contributed by atoms with Crippen molar-refractivity contribution in [3.05, 3.63) is 83.4 Å². The Morgan fingerprint density at radius 2 is 1.40 bits per heavy atom. The van der Waals surface area contributed by atoms with Crippen molar-refractivity contribution >= 4 is 0 Å². The minimum Gasteiger partial charge on any atom is -0.376 e. The third-order valence-electron chi connectivity index (χ3n) is 6.43. The van der Waals surface area contributed by atoms with Gasteiger partial charge in [0.2, 0.25) is 0 Å². The van der Waals surface area contributed by atoms with Crippen LogP contribution in [0.1, 0.15) is 36.1 Å². The highest BCUT2D eigenvalue weighted by atomic mass is 16.5. The number of rotatable bonds is 6. The van der Waals surface area contributed by atoms with Crippen LogP contribution in [0, 0.1) is 5.92 Å². The van der Waals surface area contributed by atoms with Crippen molar-refractivity contribution in [2.24, 2.45) is 5.92 Å². The average Bonchev–Trinajstić information content (AvgIpc) is 2.78. The molecule has 0 fully saturated rings. The van der Waals surface area contributed by atoms with Crippen LogP contribution < -0.4 is 0 Å². The molecular formula is C28H33NO. The van der Waals surface area contributed by atoms with E-state index >= 15 is 0 Å². The number of ether oxygens (including phenoxy) is 1. The van der Waals surface area contributed by atoms with Crippen LogP contribution in [0.5, 0.6) is 0 Å². The van der Waals surface area contributed by atoms with Gasteiger partial charge in [0.1, 0.15) is 0 Å². The lowest BCUT2D eigenvalue weighted by Gasteiger charge is -2.34. The van der Waals surface area contributed by atoms with E-state index in [1.165, 1.54) is 45.4 Å². The molecule has 1 aliphatic carbocycles. The molecule has 0 amide bonds. The predicted molar refractivity (Wildman–Crippen MR) is 127 cm³/mol. The van der Waals surface area contributed by atoms with Gasteiger partial charge in [0.15, 0.2) is 0 Å². The van der Waals surface area contributed by atoms with Crippen LogP contribution >= 0.6 is 0 Å². The Morgan fingerprint density at radius 3 is 1.97 bits per heavy atom. The predicted octanol–water partition coefficient (Wildman–Crippen LogP) is 6.39. The highest BCUT2D eigenvalue weighted by Gasteiger charge is 2.30. The van der Waals surface area contributed by atoms with Crippen molar-refractivity contribution in [2.75, 3.05) is 27.7 Å². The zero-order chi connectivity index (χ0) is 21.1. The molecule has 30 heavy (non-hydrogen) atoms. The van der Waals surface area contributed by atoms with Gasteiger partial charge in [-0.05, 0) is 72.3 Å². The monoisotopic (exact) mass is 399 g/mol. The Morgan fingerprint density at radius 1 is 0.833 bits per heavy atom. The summed E-state index contributed by atoms with van der Waals surface area (Å²) in [6.07, 6.45) is 3.58. The topological polar surface area (TPSA) is 12.5 Å². The quantitative estimate of drug-likeness (QED) is 0.476. The smallest absolute Gasteiger partial charge is 0.0864 e. The van der Waals surface area contributed by atoms with Gasteiger partial charge in [-0.15, -0.1) is 0 Å². The molecule has 2 unspecified atom stereocenters. The van der Waals surface area contributed by atoms with Crippen LogP contribution in [-0.2, 0) is 17.6 Å². The second kappa shape index (κ2) is 9.16. The molecule has 2 atom stereocenters. The van der Waals surface area contributed by atoms with E-state index in [-0.39, 0.29) is 6.10 Å². The summed E-state index contributed by atoms with van der Waals surface area (Å²) >= 11 is 0. The van der Waals surface area contributed by atoms with Gasteiger partial charge in [-0.1, -0.05) is 73.7 Å². The number of benzene rings is 3. The molecule has 0 saturated heterocycles. The Hall–Kier alpha value is -2.42. The molecule has 3 aromatic rings. The molecule has 2 heteroatoms. The van der Waals surface area contributed by atoms with E-state index in [2.05, 4.69) is 92.6 Å². The fraction of sp³-hybridized carbons (Fsp3) is 0.357. The molecule has 0 N–H and O–H groups in total. The minimum absolute atomic E-state index is 0.193. The Kier molecular flexibility index (Phi) is 6.36. The fourth-order valence-corrected chi connectivity index (χ4v) is 4.79. The lowest BCUT2D eigenvalue weighted by molar-refractivity contribution is 0.0299. The number of aryl methyl sites for hydroxylation is 2. The second-order valence-electron chi connectivity index (χ2n) is 8.76. The van der Waals surface area contributed by atoms with Crippen molar-refractivity contribution < 1.29 is 4.74 Å². The van der Waals surface area contributed by atoms with Crippen LogP contribution in [0.15, 0.2) is 66.7 Å². The van der Waals surface area contributed by atoms with Crippen molar-refractivity contribution in [1.29, 1.82) is 0 Å². The molecule has 0 aromatic heterocycles. The summed E-state index contributed by atoms with van der Waals surface area (Å²) in [5.41, 5.74) is 9.30. The number of methoxy groups -OCH3 is 1. The molecule has 0 aliphatic heterocycles. The summed E-state index contributed by atoms with van der Waals surface area (Å²) < 4.78 is 5.93. The van der Waals surface area contributed by atoms with Gasteiger partial charge < -0.3 is 9.64 Å². The lowest BCUT2D eigenvalue weighted by Crippen LogP contribution is -2.31. The second-order valence-corrected chi connectivity index (χ2v) is 8.76. The van der Waals surface area contributed by atoms with Crippen LogP contribution in [0.3, 0.4) is 0 Å². The van der Waals surface area contributed by atoms with E-state index in [9.17, 15) is 0 Å². The van der Waals surface area contributed by atoms with Gasteiger partial charge in [-0.3, -0.25) is 0 Å². The van der Waals surface area contributed by atoms with Gasteiger partial charge in [0.05, 0.1) is 6.10 Å². The van der Waals surface area contributed by atoms with Crippen molar-refractivity contribution in [1.82, 2.24) is 4.90 Å². The van der Waals surface area contributed by atoms with Crippen LogP contribution in [0.4, 0.5) is 0 Å². The maximum atomic E-state index is 5.93. The molecule has 1 aliphatic rings. The Labute approximate surface area is 181 Å². The maximum Gasteiger partial charge on any atom is 0.0864 e. The van der Waals surface area contributed by atoms with E-state index in [0.717, 1.165) is 19.4 Å². The summed E-state index contributed by atoms with van der Waals surface area (Å²) in [7, 11) is 6.14. The van der Waals surface area contributed by atoms with Crippen molar-refractivity contribution in [2.45, 2.75) is 32.3 Å². The molecule has 3 aromatic carbocycles. The summed E-state index contributed by atoms with van der Waals surface area (Å²) in [4.78, 5) is 2.27. The Balaban J connectivity index is 1.56. The highest BCUT2D eigenvalue weighted by Crippen LogP contribution is 2.39. The molecule has 0 heterocycles. The van der Waals surface area contributed by atoms with Crippen molar-refractivity contribution in [3.63, 3.8) is 0 Å². The standard InChI is InChI=1S/C28H33NO/c1-5-20-6-8-21(9-7-20)22-10-12-23(13-11-22)24-16-17-27-25(18-24)14-15-26(19-29(2)3)28(27)30-4/h6-13,16-18,26,28H,5,14-15,19H2,1-4H3. The Bertz CT molecular complexity index is 973. The van der Waals surface area contributed by atoms with Gasteiger partial charge in [0.25, 0.3) is 0 Å². The molecule has 4 rings (SSSR count). The lowest BCUT2D eigenvalue weighted by atomic mass is 9.80. The van der Waals surface area contributed by atoms with Gasteiger partial charge >= 0.3 is 0 Å². The average molecular weight is 400 g/mol. The van der Waals surface area contributed by atoms with E-state index < -0.39 is 0 Å². The van der Waals surface area contributed by atoms with Crippen LogP contribution in [-0.4, -0.2) is 32.6 Å². The fourth-order valence-electron chi connectivity index (χ4n) is 4.79. The minimum atomic E-state index is 0.193. The number of fused-ring (bicyclic) bond motifs is 1. The van der Waals surface area contributed by atoms with E-state index in [0.29, 0.717) is 5.92 Å². The zero-order valence-corrected chi connectivity index (χ0v) is 18.7. The SMILES string of the molecule is CCc1ccc(-c2ccc(-c3ccc4c(c3)CCC(CN(C)C)C4OC)cc2)cc1. The number of hydrogen-bond acceptors (Lipinski definition) is 2. The van der Waals surface area contributed by atoms with E-state index in [4.69, 9.17) is 4.74 Å². The number of hydrogen-bond donors (Lipinski definition) is 0. The van der Waals surface area contributed by atoms with Gasteiger partial charge in [0, 0.05) is 19.6 Å². The normalized spacial score (nSPS) is 18.4. The van der Waals surface area contributed by atoms with Crippen molar-refractivity contribution in [3.8, 4) is 22.3 Å². The molecule has 0 radical (unpaired) electrons. The van der Waals surface area contributed by atoms with E-state index in [1.807, 2.05) is 7.11 Å². The molecule has 2 nitrogen and oxygen atoms in total. The summed E-state index contributed by atoms with van der Waals surface area (Å²) in [5.74, 6) is 0.557. The van der Waals surface area contributed by atoms with Gasteiger partial charge in [-0.25, -0.2) is 0 Å². The first-order valence-corrected chi connectivity index (χ1v) is 11.1. The van der Waals surface area contributed by atoms with Crippen LogP contribution in [0.25, 0.3) is 22.3 Å². The zero-order valence-electron chi connectivity index (χ0n) is 18.7. The molecule has 0 bridgehead atoms. The highest BCUT2D eigenvalue weighted by molar-refractivity contribution is 5.71. The largest absolute Gasteiger partial charge is 0.376 e. The third-order valence-corrected chi connectivity index (χ3v) is 6.43. The summed E-state index contributed by atoms with van der Waals surface area (Å²) in [5, 5.41) is 0. The first-order chi connectivity index (χ1) is 14.6. The maximum absolute atomic E-state index is 5.93. The van der Waals surface area contributed by atoms with Gasteiger partial charge in [-0.2, -0.15) is 0 Å². The molecular weight excluding hydrogens is 366 g/mol. The first kappa shape index (κ1) is 20.8. The summed E-state index contributed by atoms with van der Waals surface area (Å²) in [6.45, 7) is 3.26. The van der Waals surface area contributed by atoms with E-state index in [1.54, 1.807) is 0 Å². The molecule has 0 saturated carbocycles. The third kappa shape index (κ3) is 4.35.